The van der Waals surface area contributed by atoms with Crippen LogP contribution in [0.15, 0.2) is 30.3 Å². The van der Waals surface area contributed by atoms with Gasteiger partial charge >= 0.3 is 11.4 Å². The Morgan fingerprint density at radius 1 is 0.917 bits per heavy atom. The molecule has 0 atom stereocenters. The van der Waals surface area contributed by atoms with Crippen molar-refractivity contribution in [1.29, 1.82) is 0 Å². The smallest absolute Gasteiger partial charge is 0.325 e. The van der Waals surface area contributed by atoms with Gasteiger partial charge in [-0.15, -0.1) is 0 Å². The number of anilines is 1. The van der Waals surface area contributed by atoms with E-state index in [2.05, 4.69) is 0 Å². The summed E-state index contributed by atoms with van der Waals surface area (Å²) in [7, 11) is 0. The number of nitro groups is 3. The van der Waals surface area contributed by atoms with Crippen LogP contribution in [0.4, 0.5) is 22.7 Å². The monoisotopic (exact) mass is 334 g/mol. The van der Waals surface area contributed by atoms with Crippen LogP contribution in [0.25, 0.3) is 0 Å². The Hall–Kier alpha value is -3.76. The summed E-state index contributed by atoms with van der Waals surface area (Å²) >= 11 is 0. The Bertz CT molecular complexity index is 810. The Morgan fingerprint density at radius 3 is 1.88 bits per heavy atom. The molecule has 0 fully saturated rings. The molecule has 0 aliphatic carbocycles. The van der Waals surface area contributed by atoms with Gasteiger partial charge in [0.15, 0.2) is 5.75 Å². The lowest BCUT2D eigenvalue weighted by Crippen LogP contribution is -2.02. The van der Waals surface area contributed by atoms with E-state index in [0.717, 1.165) is 0 Å². The highest BCUT2D eigenvalue weighted by molar-refractivity contribution is 5.68. The highest BCUT2D eigenvalue weighted by Gasteiger charge is 2.33. The molecule has 0 amide bonds. The predicted molar refractivity (Wildman–Crippen MR) is 82.1 cm³/mol. The average molecular weight is 334 g/mol. The van der Waals surface area contributed by atoms with Crippen molar-refractivity contribution >= 4 is 22.7 Å². The molecular formula is C13H10N4O7. The van der Waals surface area contributed by atoms with Crippen LogP contribution >= 0.6 is 0 Å². The third kappa shape index (κ3) is 3.04. The molecule has 124 valence electrons. The molecule has 0 aliphatic heterocycles. The molecule has 2 aromatic rings. The van der Waals surface area contributed by atoms with Gasteiger partial charge in [-0.05, 0) is 18.6 Å². The van der Waals surface area contributed by atoms with Gasteiger partial charge in [0.2, 0.25) is 0 Å². The lowest BCUT2D eigenvalue weighted by atomic mass is 10.2. The maximum atomic E-state index is 11.2. The van der Waals surface area contributed by atoms with Gasteiger partial charge in [0.25, 0.3) is 11.4 Å². The molecule has 11 heteroatoms. The summed E-state index contributed by atoms with van der Waals surface area (Å²) in [5.74, 6) is -0.728. The van der Waals surface area contributed by atoms with Gasteiger partial charge in [-0.2, -0.15) is 0 Å². The molecule has 0 saturated carbocycles. The minimum Gasteiger partial charge on any atom is -0.442 e. The Morgan fingerprint density at radius 2 is 1.46 bits per heavy atom. The summed E-state index contributed by atoms with van der Waals surface area (Å²) in [6.45, 7) is 1.59. The molecular weight excluding hydrogens is 324 g/mol. The zero-order valence-corrected chi connectivity index (χ0v) is 12.2. The molecule has 0 aliphatic rings. The minimum absolute atomic E-state index is 0.00227. The van der Waals surface area contributed by atoms with Crippen LogP contribution in [0.2, 0.25) is 0 Å². The molecule has 0 aromatic heterocycles. The Balaban J connectivity index is 2.74. The van der Waals surface area contributed by atoms with E-state index in [1.807, 2.05) is 0 Å². The van der Waals surface area contributed by atoms with E-state index in [4.69, 9.17) is 10.5 Å². The molecule has 0 heterocycles. The largest absolute Gasteiger partial charge is 0.442 e. The lowest BCUT2D eigenvalue weighted by molar-refractivity contribution is -0.404. The van der Waals surface area contributed by atoms with Crippen molar-refractivity contribution in [3.8, 4) is 11.5 Å². The number of nitrogens with zero attached hydrogens (tertiary/aromatic N) is 3. The molecule has 24 heavy (non-hydrogen) atoms. The fourth-order valence-electron chi connectivity index (χ4n) is 1.98. The molecule has 0 bridgehead atoms. The SMILES string of the molecule is Cc1cccc(N)c1Oc1c([N+](=O)[O-])cc([N+](=O)[O-])cc1[N+](=O)[O-]. The first-order valence-electron chi connectivity index (χ1n) is 6.36. The van der Waals surface area contributed by atoms with E-state index in [9.17, 15) is 30.3 Å². The second-order valence-electron chi connectivity index (χ2n) is 4.68. The number of benzene rings is 2. The van der Waals surface area contributed by atoms with Gasteiger partial charge in [-0.25, -0.2) is 0 Å². The normalized spacial score (nSPS) is 10.2. The van der Waals surface area contributed by atoms with Gasteiger partial charge in [-0.1, -0.05) is 12.1 Å². The average Bonchev–Trinajstić information content (AvgIpc) is 2.50. The summed E-state index contributed by atoms with van der Waals surface area (Å²) in [5.41, 5.74) is 3.72. The number of nitrogens with two attached hydrogens (primary N) is 1. The van der Waals surface area contributed by atoms with Crippen LogP contribution in [-0.4, -0.2) is 14.8 Å². The second-order valence-corrected chi connectivity index (χ2v) is 4.68. The highest BCUT2D eigenvalue weighted by Crippen LogP contribution is 2.44. The van der Waals surface area contributed by atoms with Crippen molar-refractivity contribution in [3.05, 3.63) is 66.2 Å². The fourth-order valence-corrected chi connectivity index (χ4v) is 1.98. The highest BCUT2D eigenvalue weighted by atomic mass is 16.6. The number of hydrogen-bond acceptors (Lipinski definition) is 8. The zero-order chi connectivity index (χ0) is 18.0. The van der Waals surface area contributed by atoms with Crippen LogP contribution in [0, 0.1) is 37.3 Å². The van der Waals surface area contributed by atoms with Crippen molar-refractivity contribution in [1.82, 2.24) is 0 Å². The first-order valence-corrected chi connectivity index (χ1v) is 6.36. The van der Waals surface area contributed by atoms with E-state index in [1.54, 1.807) is 19.1 Å². The zero-order valence-electron chi connectivity index (χ0n) is 12.2. The molecule has 2 aromatic carbocycles. The summed E-state index contributed by atoms with van der Waals surface area (Å²) in [6, 6.07) is 5.84. The Labute approximate surface area is 133 Å². The van der Waals surface area contributed by atoms with Gasteiger partial charge in [0, 0.05) is 0 Å². The first kappa shape index (κ1) is 16.6. The molecule has 2 N–H and O–H groups in total. The summed E-state index contributed by atoms with van der Waals surface area (Å²) in [5, 5.41) is 33.2. The second kappa shape index (κ2) is 6.16. The van der Waals surface area contributed by atoms with Crippen molar-refractivity contribution in [2.75, 3.05) is 5.73 Å². The number of para-hydroxylation sites is 1. The molecule has 0 unspecified atom stereocenters. The number of non-ortho nitro benzene ring substituents is 1. The third-order valence-electron chi connectivity index (χ3n) is 3.09. The van der Waals surface area contributed by atoms with Crippen molar-refractivity contribution < 1.29 is 19.5 Å². The molecule has 0 spiro atoms. The van der Waals surface area contributed by atoms with Crippen LogP contribution < -0.4 is 10.5 Å². The van der Waals surface area contributed by atoms with E-state index < -0.39 is 37.6 Å². The molecule has 2 rings (SSSR count). The quantitative estimate of drug-likeness (QED) is 0.494. The van der Waals surface area contributed by atoms with E-state index in [-0.39, 0.29) is 11.4 Å². The predicted octanol–water partition coefficient (Wildman–Crippen LogP) is 3.09. The molecule has 0 saturated heterocycles. The molecule has 0 radical (unpaired) electrons. The summed E-state index contributed by atoms with van der Waals surface area (Å²) in [4.78, 5) is 30.2. The van der Waals surface area contributed by atoms with E-state index in [0.29, 0.717) is 17.7 Å². The number of nitro benzene ring substituents is 3. The maximum absolute atomic E-state index is 11.2. The van der Waals surface area contributed by atoms with Crippen LogP contribution in [0.5, 0.6) is 11.5 Å². The summed E-state index contributed by atoms with van der Waals surface area (Å²) < 4.78 is 5.33. The number of ether oxygens (including phenoxy) is 1. The number of hydrogen-bond donors (Lipinski definition) is 1. The fraction of sp³-hybridized carbons (Fsp3) is 0.0769. The maximum Gasteiger partial charge on any atom is 0.325 e. The van der Waals surface area contributed by atoms with Crippen LogP contribution in [-0.2, 0) is 0 Å². The van der Waals surface area contributed by atoms with Crippen molar-refractivity contribution in [2.45, 2.75) is 6.92 Å². The van der Waals surface area contributed by atoms with Crippen molar-refractivity contribution in [2.24, 2.45) is 0 Å². The topological polar surface area (TPSA) is 165 Å². The summed E-state index contributed by atoms with van der Waals surface area (Å²) in [6.07, 6.45) is 0. The number of aryl methyl sites for hydroxylation is 1. The first-order chi connectivity index (χ1) is 11.2. The third-order valence-corrected chi connectivity index (χ3v) is 3.09. The minimum atomic E-state index is -0.996. The molecule has 11 nitrogen and oxygen atoms in total. The van der Waals surface area contributed by atoms with Gasteiger partial charge < -0.3 is 10.5 Å². The van der Waals surface area contributed by atoms with Gasteiger partial charge in [-0.3, -0.25) is 30.3 Å². The van der Waals surface area contributed by atoms with Crippen LogP contribution in [0.3, 0.4) is 0 Å². The van der Waals surface area contributed by atoms with E-state index >= 15 is 0 Å². The van der Waals surface area contributed by atoms with Gasteiger partial charge in [0.05, 0.1) is 32.6 Å². The van der Waals surface area contributed by atoms with Crippen LogP contribution in [0.1, 0.15) is 5.56 Å². The van der Waals surface area contributed by atoms with Gasteiger partial charge in [0.1, 0.15) is 0 Å². The number of nitrogen functional groups attached to an aromatic ring is 1. The van der Waals surface area contributed by atoms with E-state index in [1.165, 1.54) is 6.07 Å². The lowest BCUT2D eigenvalue weighted by Gasteiger charge is -2.11. The Kier molecular flexibility index (Phi) is 4.26. The standard InChI is InChI=1S/C13H10N4O7/c1-7-3-2-4-9(14)12(7)24-13-10(16(20)21)5-8(15(18)19)6-11(13)17(22)23/h2-6H,14H2,1H3. The van der Waals surface area contributed by atoms with Crippen molar-refractivity contribution in [3.63, 3.8) is 0 Å². The number of rotatable bonds is 5.